The van der Waals surface area contributed by atoms with E-state index in [0.717, 1.165) is 7.11 Å². The Morgan fingerprint density at radius 1 is 0.962 bits per heavy atom. The van der Waals surface area contributed by atoms with Crippen LogP contribution in [0, 0.1) is 0 Å². The van der Waals surface area contributed by atoms with E-state index < -0.39 is 122 Å². The van der Waals surface area contributed by atoms with Crippen LogP contribution in [-0.4, -0.2) is 188 Å². The second kappa shape index (κ2) is 17.2. The number of rotatable bonds is 15. The van der Waals surface area contributed by atoms with Gasteiger partial charge in [-0.2, -0.15) is 0 Å². The van der Waals surface area contributed by atoms with Crippen LogP contribution in [0.5, 0.6) is 0 Å². The molecule has 0 amide bonds. The smallest absolute Gasteiger partial charge is 0.338 e. The van der Waals surface area contributed by atoms with E-state index in [4.69, 9.17) is 33.2 Å². The highest BCUT2D eigenvalue weighted by Gasteiger charge is 2.61. The van der Waals surface area contributed by atoms with E-state index in [-0.39, 0.29) is 13.2 Å². The molecular formula is C33H51NO18. The van der Waals surface area contributed by atoms with Gasteiger partial charge in [-0.3, -0.25) is 0 Å². The summed E-state index contributed by atoms with van der Waals surface area (Å²) in [5, 5.41) is 98.8. The van der Waals surface area contributed by atoms with E-state index in [1.165, 1.54) is 32.9 Å². The largest absolute Gasteiger partial charge is 0.479 e. The SMILES string of the molecule is CCOC(=O)c1ccc(NCC(O)C(O)C(O)C(O)COC(C)(C)C2OC3COC(C)(C4OC(C(=O)O)C(OC)C(O)C4O)OC(C3O)C2O)cc1. The lowest BCUT2D eigenvalue weighted by molar-refractivity contribution is -0.352. The number of benzene rings is 1. The second-order valence-corrected chi connectivity index (χ2v) is 13.7. The van der Waals surface area contributed by atoms with Gasteiger partial charge in [0.2, 0.25) is 0 Å². The van der Waals surface area contributed by atoms with Crippen LogP contribution in [-0.2, 0) is 38.0 Å². The van der Waals surface area contributed by atoms with Crippen molar-refractivity contribution in [2.75, 3.05) is 38.8 Å². The summed E-state index contributed by atoms with van der Waals surface area (Å²) in [6, 6.07) is 6.14. The molecule has 15 unspecified atom stereocenters. The van der Waals surface area contributed by atoms with Gasteiger partial charge in [0.1, 0.15) is 73.2 Å². The number of carboxylic acids is 1. The standard InChI is InChI=1S/C33H51NO18/c1-6-47-31(45)14-7-9-15(10-8-14)34-11-16(35)19(37)20(38)17(36)12-48-32(2,3)28-24(42)25-21(39)18(50-28)13-49-33(4,52-25)29-23(41)22(40)26(46-5)27(51-29)30(43)44/h7-10,16-29,34-42H,6,11-13H2,1-5H3,(H,43,44). The van der Waals surface area contributed by atoms with Crippen LogP contribution in [0.15, 0.2) is 24.3 Å². The third-order valence-corrected chi connectivity index (χ3v) is 9.57. The molecule has 3 aliphatic heterocycles. The van der Waals surface area contributed by atoms with Gasteiger partial charge >= 0.3 is 11.9 Å². The average molecular weight is 750 g/mol. The molecule has 0 saturated carbocycles. The van der Waals surface area contributed by atoms with Crippen molar-refractivity contribution >= 4 is 17.6 Å². The summed E-state index contributed by atoms with van der Waals surface area (Å²) in [4.78, 5) is 23.7. The Labute approximate surface area is 299 Å². The summed E-state index contributed by atoms with van der Waals surface area (Å²) in [6.07, 6.45) is -22.4. The highest BCUT2D eigenvalue weighted by atomic mass is 16.8. The van der Waals surface area contributed by atoms with Gasteiger partial charge in [0.05, 0.1) is 37.1 Å². The maximum absolute atomic E-state index is 11.9. The molecule has 1 aromatic carbocycles. The molecule has 3 heterocycles. The summed E-state index contributed by atoms with van der Waals surface area (Å²) >= 11 is 0. The number of anilines is 1. The van der Waals surface area contributed by atoms with Gasteiger partial charge in [0, 0.05) is 19.3 Å². The molecule has 2 bridgehead atoms. The zero-order valence-corrected chi connectivity index (χ0v) is 29.4. The second-order valence-electron chi connectivity index (χ2n) is 13.7. The molecule has 10 N–H and O–H groups in total. The number of aliphatic hydroxyl groups excluding tert-OH is 8. The van der Waals surface area contributed by atoms with E-state index in [2.05, 4.69) is 5.32 Å². The maximum atomic E-state index is 11.9. The van der Waals surface area contributed by atoms with E-state index in [1.807, 2.05) is 0 Å². The summed E-state index contributed by atoms with van der Waals surface area (Å²) in [5.74, 6) is -4.02. The van der Waals surface area contributed by atoms with Gasteiger partial charge in [-0.05, 0) is 52.0 Å². The first-order valence-corrected chi connectivity index (χ1v) is 16.8. The lowest BCUT2D eigenvalue weighted by atomic mass is 9.86. The third kappa shape index (κ3) is 9.01. The molecule has 0 radical (unpaired) electrons. The Bertz CT molecular complexity index is 1330. The third-order valence-electron chi connectivity index (χ3n) is 9.57. The fraction of sp³-hybridized carbons (Fsp3) is 0.758. The normalized spacial score (nSPS) is 36.2. The number of aliphatic carboxylic acids is 1. The molecule has 296 valence electrons. The number of aliphatic hydroxyl groups is 8. The molecule has 19 heteroatoms. The minimum absolute atomic E-state index is 0.219. The number of hydrogen-bond acceptors (Lipinski definition) is 18. The van der Waals surface area contributed by atoms with Crippen molar-refractivity contribution in [3.63, 3.8) is 0 Å². The Kier molecular flexibility index (Phi) is 14.0. The lowest BCUT2D eigenvalue weighted by Gasteiger charge is -2.49. The van der Waals surface area contributed by atoms with Crippen molar-refractivity contribution in [2.45, 2.75) is 125 Å². The number of esters is 1. The first-order valence-electron chi connectivity index (χ1n) is 16.8. The Hall–Kier alpha value is -2.60. The van der Waals surface area contributed by atoms with Crippen molar-refractivity contribution in [1.82, 2.24) is 0 Å². The van der Waals surface area contributed by atoms with Gasteiger partial charge in [0.25, 0.3) is 0 Å². The van der Waals surface area contributed by atoms with Crippen LogP contribution in [0.4, 0.5) is 5.69 Å². The Morgan fingerprint density at radius 3 is 2.19 bits per heavy atom. The summed E-state index contributed by atoms with van der Waals surface area (Å²) < 4.78 is 39.2. The zero-order valence-electron chi connectivity index (χ0n) is 29.4. The average Bonchev–Trinajstić information content (AvgIpc) is 3.19. The van der Waals surface area contributed by atoms with Gasteiger partial charge in [-0.15, -0.1) is 0 Å². The summed E-state index contributed by atoms with van der Waals surface area (Å²) in [5.41, 5.74) is -0.657. The van der Waals surface area contributed by atoms with Gasteiger partial charge in [-0.1, -0.05) is 0 Å². The van der Waals surface area contributed by atoms with Crippen LogP contribution in [0.3, 0.4) is 0 Å². The molecule has 3 fully saturated rings. The van der Waals surface area contributed by atoms with Gasteiger partial charge in [0.15, 0.2) is 11.9 Å². The van der Waals surface area contributed by atoms with Gasteiger partial charge in [-0.25, -0.2) is 9.59 Å². The first-order chi connectivity index (χ1) is 24.4. The number of carboxylic acid groups (broad SMARTS) is 1. The molecule has 0 aliphatic carbocycles. The zero-order chi connectivity index (χ0) is 38.7. The Balaban J connectivity index is 1.36. The number of carbonyl (C=O) groups is 2. The number of ether oxygens (including phenoxy) is 7. The molecule has 1 aromatic rings. The molecule has 52 heavy (non-hydrogen) atoms. The molecule has 3 saturated heterocycles. The van der Waals surface area contributed by atoms with Gasteiger partial charge < -0.3 is 84.4 Å². The van der Waals surface area contributed by atoms with Crippen molar-refractivity contribution in [3.8, 4) is 0 Å². The number of fused-ring (bicyclic) bond motifs is 2. The molecule has 0 spiro atoms. The first kappa shape index (κ1) is 42.1. The fourth-order valence-electron chi connectivity index (χ4n) is 6.47. The topological polar surface area (TPSA) is 293 Å². The van der Waals surface area contributed by atoms with Crippen LogP contribution >= 0.6 is 0 Å². The molecule has 0 aromatic heterocycles. The summed E-state index contributed by atoms with van der Waals surface area (Å²) in [7, 11) is 1.14. The minimum atomic E-state index is -2.03. The molecular weight excluding hydrogens is 698 g/mol. The maximum Gasteiger partial charge on any atom is 0.338 e. The highest BCUT2D eigenvalue weighted by molar-refractivity contribution is 5.89. The van der Waals surface area contributed by atoms with Crippen LogP contribution in [0.1, 0.15) is 38.1 Å². The number of hydrogen-bond donors (Lipinski definition) is 10. The van der Waals surface area contributed by atoms with Crippen LogP contribution in [0.25, 0.3) is 0 Å². The van der Waals surface area contributed by atoms with E-state index >= 15 is 0 Å². The number of nitrogens with one attached hydrogen (secondary N) is 1. The van der Waals surface area contributed by atoms with Crippen molar-refractivity contribution in [3.05, 3.63) is 29.8 Å². The lowest BCUT2D eigenvalue weighted by Crippen LogP contribution is -2.68. The molecule has 19 nitrogen and oxygen atoms in total. The summed E-state index contributed by atoms with van der Waals surface area (Å²) in [6.45, 7) is 4.89. The Morgan fingerprint density at radius 2 is 1.60 bits per heavy atom. The number of carbonyl (C=O) groups excluding carboxylic acids is 1. The fourth-order valence-corrected chi connectivity index (χ4v) is 6.47. The van der Waals surface area contributed by atoms with Crippen molar-refractivity contribution in [1.29, 1.82) is 0 Å². The van der Waals surface area contributed by atoms with Crippen molar-refractivity contribution in [2.24, 2.45) is 0 Å². The predicted molar refractivity (Wildman–Crippen MR) is 174 cm³/mol. The molecule has 3 aliphatic rings. The highest BCUT2D eigenvalue weighted by Crippen LogP contribution is 2.41. The van der Waals surface area contributed by atoms with E-state index in [9.17, 15) is 55.5 Å². The van der Waals surface area contributed by atoms with E-state index in [1.54, 1.807) is 19.1 Å². The van der Waals surface area contributed by atoms with Crippen LogP contribution < -0.4 is 5.32 Å². The quantitative estimate of drug-likeness (QED) is 0.0787. The molecule has 15 atom stereocenters. The predicted octanol–water partition coefficient (Wildman–Crippen LogP) is -3.28. The van der Waals surface area contributed by atoms with Crippen molar-refractivity contribution < 1.29 is 88.7 Å². The monoisotopic (exact) mass is 749 g/mol. The molecule has 4 rings (SSSR count). The minimum Gasteiger partial charge on any atom is -0.479 e. The number of methoxy groups -OCH3 is 1. The van der Waals surface area contributed by atoms with E-state index in [0.29, 0.717) is 11.3 Å². The van der Waals surface area contributed by atoms with Crippen LogP contribution in [0.2, 0.25) is 0 Å².